The van der Waals surface area contributed by atoms with Crippen LogP contribution in [0.5, 0.6) is 0 Å². The van der Waals surface area contributed by atoms with Crippen LogP contribution in [-0.4, -0.2) is 36.1 Å². The molecular weight excluding hydrogens is 244 g/mol. The summed E-state index contributed by atoms with van der Waals surface area (Å²) in [6.07, 6.45) is 11.5. The van der Waals surface area contributed by atoms with Crippen molar-refractivity contribution in [2.24, 2.45) is 11.3 Å². The Hall–Kier alpha value is -0.0800. The van der Waals surface area contributed by atoms with Crippen molar-refractivity contribution in [2.75, 3.05) is 13.1 Å². The normalized spacial score (nSPS) is 40.4. The van der Waals surface area contributed by atoms with Crippen molar-refractivity contribution in [3.8, 4) is 0 Å². The van der Waals surface area contributed by atoms with Gasteiger partial charge in [-0.15, -0.1) is 0 Å². The van der Waals surface area contributed by atoms with Gasteiger partial charge in [0.05, 0.1) is 0 Å². The molecule has 0 radical (unpaired) electrons. The van der Waals surface area contributed by atoms with E-state index in [0.29, 0.717) is 5.41 Å². The summed E-state index contributed by atoms with van der Waals surface area (Å²) < 4.78 is 0. The first-order chi connectivity index (χ1) is 9.55. The number of nitrogens with zero attached hydrogens (tertiary/aromatic N) is 1. The van der Waals surface area contributed by atoms with Gasteiger partial charge in [0, 0.05) is 18.1 Å². The minimum absolute atomic E-state index is 0.516. The van der Waals surface area contributed by atoms with Gasteiger partial charge in [-0.05, 0) is 75.8 Å². The second-order valence-corrected chi connectivity index (χ2v) is 8.52. The molecule has 2 aliphatic heterocycles. The zero-order valence-electron chi connectivity index (χ0n) is 13.8. The maximum atomic E-state index is 3.76. The lowest BCUT2D eigenvalue weighted by Gasteiger charge is -2.43. The van der Waals surface area contributed by atoms with E-state index in [-0.39, 0.29) is 0 Å². The molecule has 116 valence electrons. The fourth-order valence-corrected chi connectivity index (χ4v) is 5.01. The largest absolute Gasteiger partial charge is 0.312 e. The van der Waals surface area contributed by atoms with Gasteiger partial charge in [0.25, 0.3) is 0 Å². The first-order valence-electron chi connectivity index (χ1n) is 9.05. The maximum absolute atomic E-state index is 3.76. The van der Waals surface area contributed by atoms with E-state index in [1.807, 2.05) is 0 Å². The third-order valence-electron chi connectivity index (χ3n) is 6.30. The smallest absolute Gasteiger partial charge is 0.0252 e. The summed E-state index contributed by atoms with van der Waals surface area (Å²) in [6, 6.07) is 2.55. The van der Waals surface area contributed by atoms with Crippen LogP contribution in [0.1, 0.15) is 72.1 Å². The maximum Gasteiger partial charge on any atom is 0.0252 e. The third-order valence-corrected chi connectivity index (χ3v) is 6.30. The molecule has 0 aromatic carbocycles. The van der Waals surface area contributed by atoms with E-state index < -0.39 is 0 Å². The summed E-state index contributed by atoms with van der Waals surface area (Å²) in [5, 5.41) is 3.76. The van der Waals surface area contributed by atoms with E-state index in [4.69, 9.17) is 0 Å². The lowest BCUT2D eigenvalue weighted by atomic mass is 9.71. The molecule has 1 aliphatic carbocycles. The van der Waals surface area contributed by atoms with Crippen molar-refractivity contribution in [1.82, 2.24) is 10.2 Å². The van der Waals surface area contributed by atoms with Crippen molar-refractivity contribution >= 4 is 0 Å². The lowest BCUT2D eigenvalue weighted by molar-refractivity contribution is 0.0781. The van der Waals surface area contributed by atoms with Gasteiger partial charge in [-0.1, -0.05) is 20.8 Å². The molecule has 2 heteroatoms. The first kappa shape index (κ1) is 14.8. The minimum atomic E-state index is 0.516. The third kappa shape index (κ3) is 3.06. The molecule has 2 nitrogen and oxygen atoms in total. The topological polar surface area (TPSA) is 15.3 Å². The molecule has 3 fully saturated rings. The molecule has 1 N–H and O–H groups in total. The number of nitrogens with one attached hydrogen (secondary N) is 1. The molecule has 2 unspecified atom stereocenters. The van der Waals surface area contributed by atoms with Crippen LogP contribution in [-0.2, 0) is 0 Å². The Morgan fingerprint density at radius 3 is 2.25 bits per heavy atom. The van der Waals surface area contributed by atoms with Crippen LogP contribution < -0.4 is 5.32 Å². The summed E-state index contributed by atoms with van der Waals surface area (Å²) in [6.45, 7) is 9.91. The average Bonchev–Trinajstić information content (AvgIpc) is 3.08. The van der Waals surface area contributed by atoms with Crippen molar-refractivity contribution in [3.05, 3.63) is 0 Å². The Morgan fingerprint density at radius 1 is 0.900 bits per heavy atom. The second kappa shape index (κ2) is 5.96. The first-order valence-corrected chi connectivity index (χ1v) is 9.05. The van der Waals surface area contributed by atoms with Crippen molar-refractivity contribution < 1.29 is 0 Å². The van der Waals surface area contributed by atoms with Crippen LogP contribution in [0.3, 0.4) is 0 Å². The highest BCUT2D eigenvalue weighted by Crippen LogP contribution is 2.40. The summed E-state index contributed by atoms with van der Waals surface area (Å²) in [5.74, 6) is 0.949. The molecule has 1 saturated carbocycles. The van der Waals surface area contributed by atoms with E-state index in [1.165, 1.54) is 64.5 Å². The molecule has 2 saturated heterocycles. The van der Waals surface area contributed by atoms with E-state index in [0.717, 1.165) is 24.0 Å². The quantitative estimate of drug-likeness (QED) is 0.826. The molecule has 2 heterocycles. The van der Waals surface area contributed by atoms with Gasteiger partial charge in [-0.2, -0.15) is 0 Å². The standard InChI is InChI=1S/C18H34N2/c1-18(2,3)14-8-10-15(11-9-14)20-13-5-7-17(20)16-6-4-12-19-16/h14-17,19H,4-13H2,1-3H3. The van der Waals surface area contributed by atoms with Crippen LogP contribution in [0.15, 0.2) is 0 Å². The van der Waals surface area contributed by atoms with Gasteiger partial charge >= 0.3 is 0 Å². The Kier molecular flexibility index (Phi) is 4.42. The van der Waals surface area contributed by atoms with Crippen LogP contribution in [0.4, 0.5) is 0 Å². The van der Waals surface area contributed by atoms with E-state index in [2.05, 4.69) is 31.0 Å². The molecule has 0 amide bonds. The Balaban J connectivity index is 1.57. The highest BCUT2D eigenvalue weighted by molar-refractivity contribution is 4.96. The van der Waals surface area contributed by atoms with Gasteiger partial charge in [0.1, 0.15) is 0 Å². The van der Waals surface area contributed by atoms with Crippen molar-refractivity contribution in [2.45, 2.75) is 90.3 Å². The van der Waals surface area contributed by atoms with Gasteiger partial charge < -0.3 is 5.32 Å². The predicted octanol–water partition coefficient (Wildman–Crippen LogP) is 3.81. The van der Waals surface area contributed by atoms with Gasteiger partial charge in [0.15, 0.2) is 0 Å². The van der Waals surface area contributed by atoms with E-state index in [9.17, 15) is 0 Å². The van der Waals surface area contributed by atoms with Gasteiger partial charge in [-0.25, -0.2) is 0 Å². The van der Waals surface area contributed by atoms with Crippen LogP contribution in [0, 0.1) is 11.3 Å². The predicted molar refractivity (Wildman–Crippen MR) is 86.0 cm³/mol. The summed E-state index contributed by atoms with van der Waals surface area (Å²) in [5.41, 5.74) is 0.516. The number of hydrogen-bond acceptors (Lipinski definition) is 2. The molecule has 3 aliphatic rings. The van der Waals surface area contributed by atoms with Crippen LogP contribution in [0.25, 0.3) is 0 Å². The van der Waals surface area contributed by atoms with E-state index in [1.54, 1.807) is 0 Å². The van der Waals surface area contributed by atoms with E-state index >= 15 is 0 Å². The average molecular weight is 278 g/mol. The summed E-state index contributed by atoms with van der Waals surface area (Å²) in [7, 11) is 0. The zero-order chi connectivity index (χ0) is 14.2. The number of hydrogen-bond donors (Lipinski definition) is 1. The van der Waals surface area contributed by atoms with Crippen LogP contribution in [0.2, 0.25) is 0 Å². The molecule has 0 spiro atoms. The summed E-state index contributed by atoms with van der Waals surface area (Å²) >= 11 is 0. The molecule has 20 heavy (non-hydrogen) atoms. The molecular formula is C18H34N2. The zero-order valence-corrected chi connectivity index (χ0v) is 13.8. The highest BCUT2D eigenvalue weighted by atomic mass is 15.2. The Bertz CT molecular complexity index is 306. The minimum Gasteiger partial charge on any atom is -0.312 e. The molecule has 2 atom stereocenters. The molecule has 0 aromatic heterocycles. The second-order valence-electron chi connectivity index (χ2n) is 8.52. The van der Waals surface area contributed by atoms with Crippen molar-refractivity contribution in [1.29, 1.82) is 0 Å². The van der Waals surface area contributed by atoms with Gasteiger partial charge in [0.2, 0.25) is 0 Å². The number of likely N-dealkylation sites (tertiary alicyclic amines) is 1. The SMILES string of the molecule is CC(C)(C)C1CCC(N2CCCC2C2CCCN2)CC1. The molecule has 0 aromatic rings. The van der Waals surface area contributed by atoms with Crippen LogP contribution >= 0.6 is 0 Å². The Labute approximate surface area is 125 Å². The Morgan fingerprint density at radius 2 is 1.65 bits per heavy atom. The van der Waals surface area contributed by atoms with Crippen molar-refractivity contribution in [3.63, 3.8) is 0 Å². The fourth-order valence-electron chi connectivity index (χ4n) is 5.01. The fraction of sp³-hybridized carbons (Fsp3) is 1.00. The highest BCUT2D eigenvalue weighted by Gasteiger charge is 2.39. The molecule has 0 bridgehead atoms. The van der Waals surface area contributed by atoms with Gasteiger partial charge in [-0.3, -0.25) is 4.90 Å². The lowest BCUT2D eigenvalue weighted by Crippen LogP contribution is -2.49. The molecule has 3 rings (SSSR count). The number of rotatable bonds is 2. The monoisotopic (exact) mass is 278 g/mol. The summed E-state index contributed by atoms with van der Waals surface area (Å²) in [4.78, 5) is 2.90.